The zero-order valence-corrected chi connectivity index (χ0v) is 13.5. The lowest BCUT2D eigenvalue weighted by molar-refractivity contribution is -0.138. The molecule has 1 heterocycles. The molecule has 0 aromatic heterocycles. The Kier molecular flexibility index (Phi) is 5.11. The summed E-state index contributed by atoms with van der Waals surface area (Å²) in [5, 5.41) is 9.59. The van der Waals surface area contributed by atoms with Gasteiger partial charge in [0.05, 0.1) is 6.10 Å². The number of piperidine rings is 1. The molecule has 0 spiro atoms. The first-order valence-electron chi connectivity index (χ1n) is 8.71. The van der Waals surface area contributed by atoms with Crippen molar-refractivity contribution in [1.82, 2.24) is 4.90 Å². The molecular formula is C19H25NO3. The van der Waals surface area contributed by atoms with E-state index in [0.717, 1.165) is 50.6 Å². The molecule has 1 saturated heterocycles. The monoisotopic (exact) mass is 315 g/mol. The average Bonchev–Trinajstić information content (AvgIpc) is 2.62. The van der Waals surface area contributed by atoms with Crippen LogP contribution in [0.25, 0.3) is 0 Å². The molecule has 0 bridgehead atoms. The lowest BCUT2D eigenvalue weighted by Crippen LogP contribution is -2.45. The normalized spacial score (nSPS) is 28.4. The molecule has 1 aromatic rings. The number of aliphatic hydroxyl groups is 1. The number of ketones is 1. The van der Waals surface area contributed by atoms with Crippen LogP contribution in [0.5, 0.6) is 0 Å². The van der Waals surface area contributed by atoms with E-state index in [9.17, 15) is 14.7 Å². The van der Waals surface area contributed by atoms with Gasteiger partial charge in [0.2, 0.25) is 5.91 Å². The first kappa shape index (κ1) is 16.2. The lowest BCUT2D eigenvalue weighted by Gasteiger charge is -2.36. The molecule has 4 heteroatoms. The van der Waals surface area contributed by atoms with Crippen LogP contribution in [0.1, 0.15) is 48.9 Å². The second-order valence-corrected chi connectivity index (χ2v) is 6.86. The van der Waals surface area contributed by atoms with Crippen molar-refractivity contribution in [3.63, 3.8) is 0 Å². The molecule has 2 aliphatic rings. The van der Waals surface area contributed by atoms with Crippen LogP contribution in [-0.2, 0) is 4.79 Å². The summed E-state index contributed by atoms with van der Waals surface area (Å²) < 4.78 is 0. The summed E-state index contributed by atoms with van der Waals surface area (Å²) in [4.78, 5) is 27.2. The van der Waals surface area contributed by atoms with Crippen molar-refractivity contribution in [2.24, 2.45) is 11.8 Å². The smallest absolute Gasteiger partial charge is 0.225 e. The van der Waals surface area contributed by atoms with Gasteiger partial charge in [-0.2, -0.15) is 0 Å². The van der Waals surface area contributed by atoms with Gasteiger partial charge >= 0.3 is 0 Å². The van der Waals surface area contributed by atoms with E-state index in [1.807, 2.05) is 35.2 Å². The first-order chi connectivity index (χ1) is 11.1. The fraction of sp³-hybridized carbons (Fsp3) is 0.579. The molecule has 1 saturated carbocycles. The van der Waals surface area contributed by atoms with Gasteiger partial charge in [-0.15, -0.1) is 0 Å². The standard InChI is InChI=1S/C19H25NO3/c21-17-10-8-15(9-11-17)19(23)20-12-4-7-16(13-20)18(22)14-5-2-1-3-6-14/h1-3,5-6,15-17,21H,4,7-13H2/t15?,16-,17?/m1/s1. The van der Waals surface area contributed by atoms with E-state index < -0.39 is 0 Å². The molecule has 1 N–H and O–H groups in total. The quantitative estimate of drug-likeness (QED) is 0.873. The van der Waals surface area contributed by atoms with Crippen molar-refractivity contribution in [2.45, 2.75) is 44.6 Å². The van der Waals surface area contributed by atoms with Crippen LogP contribution in [0.3, 0.4) is 0 Å². The summed E-state index contributed by atoms with van der Waals surface area (Å²) in [6.45, 7) is 1.31. The van der Waals surface area contributed by atoms with Gasteiger partial charge < -0.3 is 10.0 Å². The second-order valence-electron chi connectivity index (χ2n) is 6.86. The zero-order chi connectivity index (χ0) is 16.2. The summed E-state index contributed by atoms with van der Waals surface area (Å²) in [7, 11) is 0. The van der Waals surface area contributed by atoms with Crippen molar-refractivity contribution in [2.75, 3.05) is 13.1 Å². The topological polar surface area (TPSA) is 57.6 Å². The molecule has 124 valence electrons. The Morgan fingerprint density at radius 1 is 0.957 bits per heavy atom. The summed E-state index contributed by atoms with van der Waals surface area (Å²) in [5.74, 6) is 0.290. The number of Topliss-reactive ketones (excluding diaryl/α,β-unsaturated/α-hetero) is 1. The molecule has 1 atom stereocenters. The Bertz CT molecular complexity index is 549. The van der Waals surface area contributed by atoms with Crippen LogP contribution >= 0.6 is 0 Å². The first-order valence-corrected chi connectivity index (χ1v) is 8.71. The summed E-state index contributed by atoms with van der Waals surface area (Å²) >= 11 is 0. The van der Waals surface area contributed by atoms with Gasteiger partial charge in [0.15, 0.2) is 5.78 Å². The molecule has 2 fully saturated rings. The van der Waals surface area contributed by atoms with E-state index in [4.69, 9.17) is 0 Å². The number of carbonyl (C=O) groups is 2. The number of likely N-dealkylation sites (tertiary alicyclic amines) is 1. The maximum absolute atomic E-state index is 12.7. The number of amides is 1. The number of carbonyl (C=O) groups excluding carboxylic acids is 2. The molecule has 0 radical (unpaired) electrons. The predicted molar refractivity (Wildman–Crippen MR) is 88.0 cm³/mol. The van der Waals surface area contributed by atoms with Crippen molar-refractivity contribution in [3.05, 3.63) is 35.9 Å². The van der Waals surface area contributed by atoms with Crippen molar-refractivity contribution in [3.8, 4) is 0 Å². The molecule has 23 heavy (non-hydrogen) atoms. The highest BCUT2D eigenvalue weighted by Gasteiger charge is 2.33. The van der Waals surface area contributed by atoms with Gasteiger partial charge in [-0.1, -0.05) is 30.3 Å². The third kappa shape index (κ3) is 3.81. The van der Waals surface area contributed by atoms with Crippen LogP contribution in [-0.4, -0.2) is 40.9 Å². The van der Waals surface area contributed by atoms with Crippen molar-refractivity contribution in [1.29, 1.82) is 0 Å². The summed E-state index contributed by atoms with van der Waals surface area (Å²) in [5.41, 5.74) is 0.743. The third-order valence-electron chi connectivity index (χ3n) is 5.21. The highest BCUT2D eigenvalue weighted by Crippen LogP contribution is 2.28. The van der Waals surface area contributed by atoms with Crippen molar-refractivity contribution < 1.29 is 14.7 Å². The lowest BCUT2D eigenvalue weighted by atomic mass is 9.85. The molecule has 1 amide bonds. The Labute approximate surface area is 137 Å². The summed E-state index contributed by atoms with van der Waals surface area (Å²) in [6, 6.07) is 9.38. The fourth-order valence-corrected chi connectivity index (χ4v) is 3.81. The van der Waals surface area contributed by atoms with E-state index in [-0.39, 0.29) is 29.6 Å². The van der Waals surface area contributed by atoms with E-state index in [1.54, 1.807) is 0 Å². The second kappa shape index (κ2) is 7.26. The van der Waals surface area contributed by atoms with Crippen LogP contribution in [0.4, 0.5) is 0 Å². The van der Waals surface area contributed by atoms with Crippen LogP contribution in [0.15, 0.2) is 30.3 Å². The Morgan fingerprint density at radius 3 is 2.35 bits per heavy atom. The zero-order valence-electron chi connectivity index (χ0n) is 13.5. The Hall–Kier alpha value is -1.68. The molecule has 1 aromatic carbocycles. The number of rotatable bonds is 3. The number of aliphatic hydroxyl groups excluding tert-OH is 1. The number of nitrogens with zero attached hydrogens (tertiary/aromatic N) is 1. The third-order valence-corrected chi connectivity index (χ3v) is 5.21. The van der Waals surface area contributed by atoms with Gasteiger partial charge in [0.1, 0.15) is 0 Å². The highest BCUT2D eigenvalue weighted by molar-refractivity contribution is 5.98. The van der Waals surface area contributed by atoms with Gasteiger partial charge in [0, 0.05) is 30.5 Å². The maximum atomic E-state index is 12.7. The fourth-order valence-electron chi connectivity index (χ4n) is 3.81. The molecule has 3 rings (SSSR count). The van der Waals surface area contributed by atoms with Crippen LogP contribution in [0.2, 0.25) is 0 Å². The SMILES string of the molecule is O=C(c1ccccc1)[C@@H]1CCCN(C(=O)C2CCC(O)CC2)C1. The number of hydrogen-bond donors (Lipinski definition) is 1. The van der Waals surface area contributed by atoms with Gasteiger partial charge in [0.25, 0.3) is 0 Å². The average molecular weight is 315 g/mol. The largest absolute Gasteiger partial charge is 0.393 e. The number of hydrogen-bond acceptors (Lipinski definition) is 3. The van der Waals surface area contributed by atoms with Gasteiger partial charge in [-0.3, -0.25) is 9.59 Å². The Morgan fingerprint density at radius 2 is 1.65 bits per heavy atom. The van der Waals surface area contributed by atoms with Gasteiger partial charge in [-0.25, -0.2) is 0 Å². The van der Waals surface area contributed by atoms with Gasteiger partial charge in [-0.05, 0) is 38.5 Å². The van der Waals surface area contributed by atoms with Crippen LogP contribution in [0, 0.1) is 11.8 Å². The Balaban J connectivity index is 1.62. The van der Waals surface area contributed by atoms with Crippen molar-refractivity contribution >= 4 is 11.7 Å². The molecule has 4 nitrogen and oxygen atoms in total. The summed E-state index contributed by atoms with van der Waals surface area (Å²) in [6.07, 6.45) is 4.49. The molecule has 1 aliphatic heterocycles. The number of benzene rings is 1. The van der Waals surface area contributed by atoms with E-state index in [1.165, 1.54) is 0 Å². The minimum absolute atomic E-state index is 0.0315. The van der Waals surface area contributed by atoms with E-state index >= 15 is 0 Å². The van der Waals surface area contributed by atoms with Crippen LogP contribution < -0.4 is 0 Å². The minimum atomic E-state index is -0.243. The highest BCUT2D eigenvalue weighted by atomic mass is 16.3. The molecular weight excluding hydrogens is 290 g/mol. The predicted octanol–water partition coefficient (Wildman–Crippen LogP) is 2.66. The molecule has 0 unspecified atom stereocenters. The molecule has 1 aliphatic carbocycles. The minimum Gasteiger partial charge on any atom is -0.393 e. The van der Waals surface area contributed by atoms with E-state index in [2.05, 4.69) is 0 Å². The maximum Gasteiger partial charge on any atom is 0.225 e. The van der Waals surface area contributed by atoms with E-state index in [0.29, 0.717) is 6.54 Å².